The van der Waals surface area contributed by atoms with Crippen LogP contribution in [-0.4, -0.2) is 47.4 Å². The Labute approximate surface area is 470 Å². The molecule has 6 heteroatoms. The minimum absolute atomic E-state index is 0.0219. The van der Waals surface area contributed by atoms with Gasteiger partial charge in [-0.1, -0.05) is 367 Å². The monoisotopic (exact) mass is 1060 g/mol. The molecule has 0 saturated heterocycles. The molecule has 0 radical (unpaired) electrons. The lowest BCUT2D eigenvalue weighted by atomic mass is 10.0. The number of amides is 1. The van der Waals surface area contributed by atoms with E-state index in [1.165, 1.54) is 334 Å². The summed E-state index contributed by atoms with van der Waals surface area (Å²) in [4.78, 5) is 24.5. The molecule has 0 aromatic heterocycles. The Morgan fingerprint density at radius 2 is 0.547 bits per heavy atom. The number of hydrogen-bond donors (Lipinski definition) is 3. The van der Waals surface area contributed by atoms with Gasteiger partial charge in [-0.05, 0) is 25.7 Å². The number of rotatable bonds is 66. The number of unbranched alkanes of at least 4 members (excludes halogenated alkanes) is 55. The number of aliphatic hydroxyl groups excluding tert-OH is 2. The van der Waals surface area contributed by atoms with E-state index < -0.39 is 12.1 Å². The predicted molar refractivity (Wildman–Crippen MR) is 329 cm³/mol. The lowest BCUT2D eigenvalue weighted by Gasteiger charge is -2.22. The molecule has 0 spiro atoms. The molecule has 75 heavy (non-hydrogen) atoms. The maximum absolute atomic E-state index is 12.5. The van der Waals surface area contributed by atoms with Crippen molar-refractivity contribution in [3.63, 3.8) is 0 Å². The van der Waals surface area contributed by atoms with Crippen molar-refractivity contribution >= 4 is 11.9 Å². The van der Waals surface area contributed by atoms with Gasteiger partial charge in [-0.2, -0.15) is 0 Å². The molecule has 0 fully saturated rings. The van der Waals surface area contributed by atoms with Crippen LogP contribution in [0.2, 0.25) is 0 Å². The van der Waals surface area contributed by atoms with E-state index in [2.05, 4.69) is 19.2 Å². The molecule has 0 rings (SSSR count). The molecular formula is C69H137NO5. The summed E-state index contributed by atoms with van der Waals surface area (Å²) < 4.78 is 5.48. The fraction of sp³-hybridized carbons (Fsp3) is 0.971. The van der Waals surface area contributed by atoms with Crippen LogP contribution in [0.3, 0.4) is 0 Å². The zero-order valence-corrected chi connectivity index (χ0v) is 51.3. The molecule has 0 heterocycles. The van der Waals surface area contributed by atoms with E-state index in [1.54, 1.807) is 0 Å². The summed E-state index contributed by atoms with van der Waals surface area (Å²) in [7, 11) is 0. The minimum Gasteiger partial charge on any atom is -0.466 e. The number of nitrogens with one attached hydrogen (secondary N) is 1. The normalized spacial score (nSPS) is 12.4. The number of aliphatic hydroxyl groups is 2. The van der Waals surface area contributed by atoms with Crippen molar-refractivity contribution < 1.29 is 24.5 Å². The van der Waals surface area contributed by atoms with Crippen LogP contribution >= 0.6 is 0 Å². The van der Waals surface area contributed by atoms with Crippen LogP contribution in [0.5, 0.6) is 0 Å². The zero-order valence-electron chi connectivity index (χ0n) is 51.3. The quantitative estimate of drug-likeness (QED) is 0.0417. The summed E-state index contributed by atoms with van der Waals surface area (Å²) >= 11 is 0. The summed E-state index contributed by atoms with van der Waals surface area (Å²) in [6.45, 7) is 4.99. The molecule has 2 atom stereocenters. The van der Waals surface area contributed by atoms with Crippen LogP contribution in [0.25, 0.3) is 0 Å². The summed E-state index contributed by atoms with van der Waals surface area (Å²) in [5.74, 6) is -0.00487. The van der Waals surface area contributed by atoms with Gasteiger partial charge in [0, 0.05) is 12.8 Å². The molecule has 0 aliphatic heterocycles. The Hall–Kier alpha value is -1.14. The van der Waals surface area contributed by atoms with Crippen LogP contribution < -0.4 is 5.32 Å². The predicted octanol–water partition coefficient (Wildman–Crippen LogP) is 22.2. The van der Waals surface area contributed by atoms with Crippen LogP contribution in [0.1, 0.15) is 406 Å². The molecule has 1 amide bonds. The first-order chi connectivity index (χ1) is 37.0. The molecule has 0 aliphatic rings. The molecule has 2 unspecified atom stereocenters. The lowest BCUT2D eigenvalue weighted by Crippen LogP contribution is -2.45. The van der Waals surface area contributed by atoms with Gasteiger partial charge in [-0.25, -0.2) is 0 Å². The number of ether oxygens (including phenoxy) is 1. The SMILES string of the molecule is CCCCCCCCCCCCCCCCCC(O)C(CO)NC(=O)CCCCCCCCCCCCCCCCCCCCCCCCCCCCCCCCCCOC(=O)CCCCCCCCCCCCC. The number of carbonyl (C=O) groups excluding carboxylic acids is 2. The second-order valence-corrected chi connectivity index (χ2v) is 24.2. The van der Waals surface area contributed by atoms with Gasteiger partial charge in [0.05, 0.1) is 25.4 Å². The molecule has 0 aromatic carbocycles. The van der Waals surface area contributed by atoms with Gasteiger partial charge in [-0.15, -0.1) is 0 Å². The smallest absolute Gasteiger partial charge is 0.305 e. The molecule has 448 valence electrons. The van der Waals surface area contributed by atoms with Crippen LogP contribution in [0.4, 0.5) is 0 Å². The van der Waals surface area contributed by atoms with E-state index in [-0.39, 0.29) is 18.5 Å². The van der Waals surface area contributed by atoms with Crippen molar-refractivity contribution in [2.45, 2.75) is 418 Å². The van der Waals surface area contributed by atoms with Crippen molar-refractivity contribution in [1.82, 2.24) is 5.32 Å². The van der Waals surface area contributed by atoms with Crippen molar-refractivity contribution in [2.24, 2.45) is 0 Å². The maximum Gasteiger partial charge on any atom is 0.305 e. The van der Waals surface area contributed by atoms with E-state index in [0.29, 0.717) is 25.9 Å². The first-order valence-electron chi connectivity index (χ1n) is 34.8. The summed E-state index contributed by atoms with van der Waals surface area (Å²) in [5, 5.41) is 23.3. The highest BCUT2D eigenvalue weighted by Gasteiger charge is 2.20. The highest BCUT2D eigenvalue weighted by molar-refractivity contribution is 5.76. The molecule has 6 nitrogen and oxygen atoms in total. The highest BCUT2D eigenvalue weighted by atomic mass is 16.5. The Balaban J connectivity index is 3.30. The second-order valence-electron chi connectivity index (χ2n) is 24.2. The van der Waals surface area contributed by atoms with Gasteiger partial charge in [0.15, 0.2) is 0 Å². The van der Waals surface area contributed by atoms with E-state index in [4.69, 9.17) is 4.74 Å². The average Bonchev–Trinajstić information content (AvgIpc) is 3.41. The summed E-state index contributed by atoms with van der Waals surface area (Å²) in [6.07, 6.45) is 78.7. The third-order valence-corrected chi connectivity index (χ3v) is 16.7. The minimum atomic E-state index is -0.659. The van der Waals surface area contributed by atoms with Gasteiger partial charge in [0.2, 0.25) is 5.91 Å². The van der Waals surface area contributed by atoms with E-state index in [1.807, 2.05) is 0 Å². The third-order valence-electron chi connectivity index (χ3n) is 16.7. The Bertz CT molecular complexity index is 1080. The average molecular weight is 1060 g/mol. The fourth-order valence-corrected chi connectivity index (χ4v) is 11.4. The third kappa shape index (κ3) is 61.9. The van der Waals surface area contributed by atoms with Gasteiger partial charge in [0.1, 0.15) is 0 Å². The second kappa shape index (κ2) is 65.4. The van der Waals surface area contributed by atoms with Gasteiger partial charge in [-0.3, -0.25) is 9.59 Å². The van der Waals surface area contributed by atoms with Crippen molar-refractivity contribution in [3.8, 4) is 0 Å². The summed E-state index contributed by atoms with van der Waals surface area (Å²) in [6, 6.07) is -0.536. The molecule has 0 aliphatic carbocycles. The van der Waals surface area contributed by atoms with Crippen LogP contribution in [0.15, 0.2) is 0 Å². The van der Waals surface area contributed by atoms with Gasteiger partial charge in [0.25, 0.3) is 0 Å². The first-order valence-corrected chi connectivity index (χ1v) is 34.8. The van der Waals surface area contributed by atoms with E-state index in [9.17, 15) is 19.8 Å². The molecule has 0 aromatic rings. The molecule has 0 bridgehead atoms. The molecular weight excluding hydrogens is 923 g/mol. The maximum atomic E-state index is 12.5. The van der Waals surface area contributed by atoms with Crippen LogP contribution in [-0.2, 0) is 14.3 Å². The Morgan fingerprint density at radius 1 is 0.320 bits per heavy atom. The molecule has 0 saturated carbocycles. The van der Waals surface area contributed by atoms with Crippen LogP contribution in [0, 0.1) is 0 Å². The first kappa shape index (κ1) is 73.9. The zero-order chi connectivity index (χ0) is 54.3. The topological polar surface area (TPSA) is 95.9 Å². The number of esters is 1. The Morgan fingerprint density at radius 3 is 0.813 bits per heavy atom. The van der Waals surface area contributed by atoms with Crippen molar-refractivity contribution in [2.75, 3.05) is 13.2 Å². The molecule has 3 N–H and O–H groups in total. The van der Waals surface area contributed by atoms with Crippen molar-refractivity contribution in [3.05, 3.63) is 0 Å². The van der Waals surface area contributed by atoms with E-state index in [0.717, 1.165) is 38.5 Å². The highest BCUT2D eigenvalue weighted by Crippen LogP contribution is 2.19. The number of hydrogen-bond acceptors (Lipinski definition) is 5. The van der Waals surface area contributed by atoms with Gasteiger partial charge >= 0.3 is 5.97 Å². The van der Waals surface area contributed by atoms with E-state index >= 15 is 0 Å². The summed E-state index contributed by atoms with van der Waals surface area (Å²) in [5.41, 5.74) is 0. The largest absolute Gasteiger partial charge is 0.466 e. The number of carbonyl (C=O) groups is 2. The Kier molecular flexibility index (Phi) is 64.4. The van der Waals surface area contributed by atoms with Gasteiger partial charge < -0.3 is 20.3 Å². The van der Waals surface area contributed by atoms with Crippen molar-refractivity contribution in [1.29, 1.82) is 0 Å². The fourth-order valence-electron chi connectivity index (χ4n) is 11.4. The lowest BCUT2D eigenvalue weighted by molar-refractivity contribution is -0.143. The standard InChI is InChI=1S/C69H137NO5/c1-3-5-7-9-11-13-15-16-35-38-42-45-49-53-57-61-67(72)66(65-71)70-68(73)62-58-54-50-46-43-39-36-33-31-29-27-25-23-21-19-17-18-20-22-24-26-28-30-32-34-37-40-44-48-52-56-60-64-75-69(74)63-59-55-51-47-41-14-12-10-8-6-4-2/h66-67,71-72H,3-65H2,1-2H3,(H,70,73).